The number of aryl methyl sites for hydroxylation is 1. The van der Waals surface area contributed by atoms with E-state index in [1.54, 1.807) is 29.9 Å². The average molecular weight is 477 g/mol. The van der Waals surface area contributed by atoms with Crippen LogP contribution in [0.3, 0.4) is 0 Å². The molecule has 0 fully saturated rings. The van der Waals surface area contributed by atoms with Gasteiger partial charge in [0.25, 0.3) is 5.78 Å². The van der Waals surface area contributed by atoms with E-state index < -0.39 is 11.9 Å². The molecule has 0 atom stereocenters. The van der Waals surface area contributed by atoms with E-state index in [4.69, 9.17) is 5.10 Å². The van der Waals surface area contributed by atoms with Gasteiger partial charge in [-0.3, -0.25) is 0 Å². The molecule has 0 N–H and O–H groups in total. The van der Waals surface area contributed by atoms with Gasteiger partial charge in [-0.1, -0.05) is 62.4 Å². The maximum Gasteiger partial charge on any atom is 0.434 e. The van der Waals surface area contributed by atoms with E-state index in [1.165, 1.54) is 10.1 Å². The first-order valence-electron chi connectivity index (χ1n) is 11.2. The van der Waals surface area contributed by atoms with Gasteiger partial charge in [-0.25, -0.2) is 14.5 Å². The summed E-state index contributed by atoms with van der Waals surface area (Å²) in [5, 5.41) is 4.75. The number of rotatable bonds is 5. The summed E-state index contributed by atoms with van der Waals surface area (Å²) < 4.78 is 42.2. The van der Waals surface area contributed by atoms with Crippen LogP contribution >= 0.6 is 0 Å². The number of fused-ring (bicyclic) bond motifs is 1. The lowest BCUT2D eigenvalue weighted by atomic mass is 9.97. The highest BCUT2D eigenvalue weighted by atomic mass is 19.4. The number of nitrogens with zero attached hydrogens (tertiary/aromatic N) is 6. The maximum absolute atomic E-state index is 13.0. The van der Waals surface area contributed by atoms with Gasteiger partial charge in [0.1, 0.15) is 5.82 Å². The van der Waals surface area contributed by atoms with Gasteiger partial charge in [0.05, 0.1) is 5.69 Å². The Balaban J connectivity index is 1.44. The highest BCUT2D eigenvalue weighted by molar-refractivity contribution is 5.62. The molecule has 0 saturated carbocycles. The number of imidazole rings is 1. The van der Waals surface area contributed by atoms with Gasteiger partial charge in [0, 0.05) is 37.0 Å². The van der Waals surface area contributed by atoms with Crippen LogP contribution in [0.4, 0.5) is 13.2 Å². The highest BCUT2D eigenvalue weighted by Crippen LogP contribution is 2.31. The molecule has 9 heteroatoms. The molecule has 3 aromatic heterocycles. The predicted octanol–water partition coefficient (Wildman–Crippen LogP) is 5.92. The standard InChI is InChI=1S/C26H23F3N6/c1-16(2)20-6-4-5-7-21(20)23-32-25-30-13-12-19(35(25)33-23)14-17-8-10-18(11-9-17)24-31-22(15-34(24)3)26(27,28)29/h4-13,15-16H,14H2,1-3H3. The van der Waals surface area contributed by atoms with E-state index in [9.17, 15) is 13.2 Å². The fourth-order valence-electron chi connectivity index (χ4n) is 4.14. The van der Waals surface area contributed by atoms with Crippen LogP contribution in [0.15, 0.2) is 67.0 Å². The summed E-state index contributed by atoms with van der Waals surface area (Å²) in [5.41, 5.74) is 3.74. The largest absolute Gasteiger partial charge is 0.434 e. The van der Waals surface area contributed by atoms with E-state index in [0.717, 1.165) is 23.0 Å². The monoisotopic (exact) mass is 476 g/mol. The number of aromatic nitrogens is 6. The van der Waals surface area contributed by atoms with Gasteiger partial charge in [-0.15, -0.1) is 5.10 Å². The zero-order valence-electron chi connectivity index (χ0n) is 19.5. The van der Waals surface area contributed by atoms with E-state index in [2.05, 4.69) is 34.9 Å². The third-order valence-electron chi connectivity index (χ3n) is 5.91. The summed E-state index contributed by atoms with van der Waals surface area (Å²) in [4.78, 5) is 12.8. The van der Waals surface area contributed by atoms with Crippen molar-refractivity contribution >= 4 is 5.78 Å². The first-order valence-corrected chi connectivity index (χ1v) is 11.2. The van der Waals surface area contributed by atoms with Crippen molar-refractivity contribution in [3.63, 3.8) is 0 Å². The van der Waals surface area contributed by atoms with E-state index >= 15 is 0 Å². The van der Waals surface area contributed by atoms with Crippen molar-refractivity contribution in [2.24, 2.45) is 7.05 Å². The molecule has 5 aromatic rings. The quantitative estimate of drug-likeness (QED) is 0.316. The van der Waals surface area contributed by atoms with Crippen LogP contribution in [0.1, 0.15) is 42.3 Å². The first-order chi connectivity index (χ1) is 16.7. The van der Waals surface area contributed by atoms with Crippen molar-refractivity contribution in [3.05, 3.63) is 89.5 Å². The SMILES string of the molecule is CC(C)c1ccccc1-c1nc2nccc(Cc3ccc(-c4nc(C(F)(F)F)cn4C)cc3)n2n1. The van der Waals surface area contributed by atoms with Crippen LogP contribution in [0.5, 0.6) is 0 Å². The minimum Gasteiger partial charge on any atom is -0.333 e. The molecule has 0 aliphatic carbocycles. The van der Waals surface area contributed by atoms with Crippen molar-refractivity contribution in [1.82, 2.24) is 29.1 Å². The first kappa shape index (κ1) is 22.8. The molecule has 0 saturated heterocycles. The van der Waals surface area contributed by atoms with Crippen LogP contribution in [0.2, 0.25) is 0 Å². The Morgan fingerprint density at radius 3 is 2.37 bits per heavy atom. The minimum absolute atomic E-state index is 0.264. The third kappa shape index (κ3) is 4.41. The maximum atomic E-state index is 13.0. The summed E-state index contributed by atoms with van der Waals surface area (Å²) in [6.45, 7) is 4.27. The Morgan fingerprint density at radius 2 is 1.69 bits per heavy atom. The van der Waals surface area contributed by atoms with E-state index in [-0.39, 0.29) is 5.82 Å². The summed E-state index contributed by atoms with van der Waals surface area (Å²) in [6.07, 6.45) is -1.22. The second kappa shape index (κ2) is 8.65. The minimum atomic E-state index is -4.48. The lowest BCUT2D eigenvalue weighted by Crippen LogP contribution is -2.04. The lowest BCUT2D eigenvalue weighted by molar-refractivity contribution is -0.140. The molecule has 0 aliphatic rings. The number of benzene rings is 2. The van der Waals surface area contributed by atoms with Gasteiger partial charge in [0.15, 0.2) is 11.5 Å². The van der Waals surface area contributed by atoms with Gasteiger partial charge in [-0.2, -0.15) is 18.2 Å². The molecule has 0 unspecified atom stereocenters. The summed E-state index contributed by atoms with van der Waals surface area (Å²) in [6, 6.07) is 17.3. The van der Waals surface area contributed by atoms with Gasteiger partial charge in [-0.05, 0) is 23.1 Å². The van der Waals surface area contributed by atoms with Crippen LogP contribution in [0.25, 0.3) is 28.6 Å². The lowest BCUT2D eigenvalue weighted by Gasteiger charge is -2.09. The third-order valence-corrected chi connectivity index (χ3v) is 5.91. The van der Waals surface area contributed by atoms with E-state index in [1.807, 2.05) is 36.4 Å². The molecular weight excluding hydrogens is 453 g/mol. The molecule has 178 valence electrons. The molecule has 6 nitrogen and oxygen atoms in total. The molecule has 0 amide bonds. The predicted molar refractivity (Wildman–Crippen MR) is 127 cm³/mol. The molecular formula is C26H23F3N6. The van der Waals surface area contributed by atoms with Gasteiger partial charge in [0.2, 0.25) is 0 Å². The fourth-order valence-corrected chi connectivity index (χ4v) is 4.14. The Labute approximate surface area is 200 Å². The number of alkyl halides is 3. The molecule has 0 radical (unpaired) electrons. The van der Waals surface area contributed by atoms with Crippen LogP contribution in [-0.4, -0.2) is 29.1 Å². The highest BCUT2D eigenvalue weighted by Gasteiger charge is 2.34. The Hall–Kier alpha value is -4.01. The topological polar surface area (TPSA) is 60.9 Å². The molecule has 5 rings (SSSR count). The Bertz CT molecular complexity index is 1500. The summed E-state index contributed by atoms with van der Waals surface area (Å²) >= 11 is 0. The fraction of sp³-hybridized carbons (Fsp3) is 0.231. The second-order valence-corrected chi connectivity index (χ2v) is 8.76. The van der Waals surface area contributed by atoms with E-state index in [0.29, 0.717) is 29.5 Å². The summed E-state index contributed by atoms with van der Waals surface area (Å²) in [7, 11) is 1.55. The number of hydrogen-bond acceptors (Lipinski definition) is 4. The molecule has 2 aromatic carbocycles. The van der Waals surface area contributed by atoms with Crippen molar-refractivity contribution in [2.45, 2.75) is 32.4 Å². The average Bonchev–Trinajstić information content (AvgIpc) is 3.44. The summed E-state index contributed by atoms with van der Waals surface area (Å²) in [5.74, 6) is 1.73. The smallest absolute Gasteiger partial charge is 0.333 e. The van der Waals surface area contributed by atoms with Crippen molar-refractivity contribution in [3.8, 4) is 22.8 Å². The molecule has 0 spiro atoms. The Kier molecular flexibility index (Phi) is 5.62. The van der Waals surface area contributed by atoms with Crippen LogP contribution < -0.4 is 0 Å². The van der Waals surface area contributed by atoms with Crippen LogP contribution in [-0.2, 0) is 19.6 Å². The Morgan fingerprint density at radius 1 is 0.943 bits per heavy atom. The van der Waals surface area contributed by atoms with Gasteiger partial charge < -0.3 is 4.57 Å². The van der Waals surface area contributed by atoms with Crippen molar-refractivity contribution < 1.29 is 13.2 Å². The number of hydrogen-bond donors (Lipinski definition) is 0. The second-order valence-electron chi connectivity index (χ2n) is 8.76. The molecule has 0 aliphatic heterocycles. The molecule has 3 heterocycles. The number of halogens is 3. The van der Waals surface area contributed by atoms with Crippen molar-refractivity contribution in [2.75, 3.05) is 0 Å². The van der Waals surface area contributed by atoms with Gasteiger partial charge >= 0.3 is 6.18 Å². The zero-order chi connectivity index (χ0) is 24.7. The zero-order valence-corrected chi connectivity index (χ0v) is 19.5. The normalized spacial score (nSPS) is 12.1. The van der Waals surface area contributed by atoms with Crippen molar-refractivity contribution in [1.29, 1.82) is 0 Å². The van der Waals surface area contributed by atoms with Crippen LogP contribution in [0, 0.1) is 0 Å². The molecule has 35 heavy (non-hydrogen) atoms. The molecule has 0 bridgehead atoms.